The van der Waals surface area contributed by atoms with Gasteiger partial charge in [0.1, 0.15) is 11.8 Å². The van der Waals surface area contributed by atoms with Crippen LogP contribution in [0, 0.1) is 12.8 Å². The van der Waals surface area contributed by atoms with Gasteiger partial charge < -0.3 is 19.9 Å². The first-order valence-electron chi connectivity index (χ1n) is 8.86. The number of amides is 1. The van der Waals surface area contributed by atoms with Gasteiger partial charge in [-0.2, -0.15) is 0 Å². The van der Waals surface area contributed by atoms with E-state index in [0.29, 0.717) is 18.1 Å². The molecule has 1 aromatic heterocycles. The van der Waals surface area contributed by atoms with E-state index in [1.807, 2.05) is 37.3 Å². The average molecular weight is 389 g/mol. The maximum Gasteiger partial charge on any atom is 0.326 e. The lowest BCUT2D eigenvalue weighted by atomic mass is 9.93. The topological polar surface area (TPSA) is 84.9 Å². The molecule has 3 rings (SSSR count). The zero-order valence-corrected chi connectivity index (χ0v) is 16.2. The summed E-state index contributed by atoms with van der Waals surface area (Å²) >= 11 is 1.36. The van der Waals surface area contributed by atoms with E-state index in [1.54, 1.807) is 7.11 Å². The second-order valence-corrected chi connectivity index (χ2v) is 7.83. The summed E-state index contributed by atoms with van der Waals surface area (Å²) in [5, 5.41) is 12.2. The maximum atomic E-state index is 12.7. The van der Waals surface area contributed by atoms with Gasteiger partial charge >= 0.3 is 5.97 Å². The van der Waals surface area contributed by atoms with E-state index in [0.717, 1.165) is 34.6 Å². The molecule has 2 N–H and O–H groups in total. The average Bonchev–Trinajstić information content (AvgIpc) is 3.08. The van der Waals surface area contributed by atoms with Crippen LogP contribution in [0.3, 0.4) is 0 Å². The molecule has 27 heavy (non-hydrogen) atoms. The van der Waals surface area contributed by atoms with Gasteiger partial charge in [0.25, 0.3) is 5.91 Å². The molecule has 0 aliphatic carbocycles. The Labute approximate surface area is 162 Å². The molecule has 2 aromatic rings. The molecule has 144 valence electrons. The third-order valence-electron chi connectivity index (χ3n) is 4.76. The van der Waals surface area contributed by atoms with Crippen LogP contribution >= 0.6 is 11.3 Å². The number of hydrogen-bond donors (Lipinski definition) is 2. The minimum absolute atomic E-state index is 0.206. The Morgan fingerprint density at radius 1 is 1.33 bits per heavy atom. The minimum Gasteiger partial charge on any atom is -0.497 e. The van der Waals surface area contributed by atoms with Crippen molar-refractivity contribution in [2.75, 3.05) is 20.3 Å². The highest BCUT2D eigenvalue weighted by atomic mass is 32.1. The molecule has 0 bridgehead atoms. The Hall–Kier alpha value is -2.38. The van der Waals surface area contributed by atoms with Crippen molar-refractivity contribution in [1.82, 2.24) is 5.32 Å². The first-order valence-corrected chi connectivity index (χ1v) is 9.67. The molecule has 6 nitrogen and oxygen atoms in total. The number of nitrogens with one attached hydrogen (secondary N) is 1. The predicted molar refractivity (Wildman–Crippen MR) is 103 cm³/mol. The number of methoxy groups -OCH3 is 1. The van der Waals surface area contributed by atoms with E-state index in [1.165, 1.54) is 11.3 Å². The van der Waals surface area contributed by atoms with Gasteiger partial charge in [-0.3, -0.25) is 4.79 Å². The van der Waals surface area contributed by atoms with Crippen LogP contribution in [0.4, 0.5) is 0 Å². The van der Waals surface area contributed by atoms with Gasteiger partial charge in [0, 0.05) is 17.4 Å². The minimum atomic E-state index is -1.03. The zero-order valence-electron chi connectivity index (χ0n) is 15.4. The number of benzene rings is 1. The standard InChI is InChI=1S/C20H23NO5S/c1-12-16(13-5-7-15(25-2)8-6-13)10-17(27-12)19(22)21-18(20(23)24)14-4-3-9-26-11-14/h5-8,10,14,18H,3-4,9,11H2,1-2H3,(H,21,22)(H,23,24). The smallest absolute Gasteiger partial charge is 0.326 e. The lowest BCUT2D eigenvalue weighted by Crippen LogP contribution is -2.48. The van der Waals surface area contributed by atoms with Gasteiger partial charge in [0.15, 0.2) is 0 Å². The quantitative estimate of drug-likeness (QED) is 0.792. The summed E-state index contributed by atoms with van der Waals surface area (Å²) < 4.78 is 10.6. The first-order chi connectivity index (χ1) is 13.0. The van der Waals surface area contributed by atoms with Gasteiger partial charge in [0.05, 0.1) is 18.6 Å². The van der Waals surface area contributed by atoms with Crippen molar-refractivity contribution in [3.05, 3.63) is 40.1 Å². The molecule has 1 fully saturated rings. The molecular formula is C20H23NO5S. The number of carbonyl (C=O) groups excluding carboxylic acids is 1. The van der Waals surface area contributed by atoms with Crippen LogP contribution < -0.4 is 10.1 Å². The van der Waals surface area contributed by atoms with E-state index in [4.69, 9.17) is 9.47 Å². The van der Waals surface area contributed by atoms with Gasteiger partial charge in [-0.15, -0.1) is 11.3 Å². The monoisotopic (exact) mass is 389 g/mol. The number of thiophene rings is 1. The molecule has 0 saturated carbocycles. The summed E-state index contributed by atoms with van der Waals surface area (Å²) in [7, 11) is 1.61. The molecule has 0 spiro atoms. The van der Waals surface area contributed by atoms with Crippen LogP contribution in [0.2, 0.25) is 0 Å². The molecule has 1 aromatic carbocycles. The number of carboxylic acid groups (broad SMARTS) is 1. The van der Waals surface area contributed by atoms with Crippen LogP contribution in [0.1, 0.15) is 27.4 Å². The van der Waals surface area contributed by atoms with Crippen molar-refractivity contribution < 1.29 is 24.2 Å². The number of ether oxygens (including phenoxy) is 2. The Morgan fingerprint density at radius 3 is 2.67 bits per heavy atom. The predicted octanol–water partition coefficient (Wildman–Crippen LogP) is 3.34. The number of aliphatic carboxylic acids is 1. The maximum absolute atomic E-state index is 12.7. The molecule has 2 atom stereocenters. The van der Waals surface area contributed by atoms with E-state index in [9.17, 15) is 14.7 Å². The van der Waals surface area contributed by atoms with Crippen molar-refractivity contribution in [1.29, 1.82) is 0 Å². The second kappa shape index (κ2) is 8.54. The largest absolute Gasteiger partial charge is 0.497 e. The molecule has 0 radical (unpaired) electrons. The molecule has 1 saturated heterocycles. The Balaban J connectivity index is 1.77. The van der Waals surface area contributed by atoms with Crippen molar-refractivity contribution in [2.45, 2.75) is 25.8 Å². The van der Waals surface area contributed by atoms with E-state index >= 15 is 0 Å². The third-order valence-corrected chi connectivity index (χ3v) is 5.81. The fourth-order valence-corrected chi connectivity index (χ4v) is 4.22. The van der Waals surface area contributed by atoms with E-state index < -0.39 is 12.0 Å². The highest BCUT2D eigenvalue weighted by Crippen LogP contribution is 2.32. The van der Waals surface area contributed by atoms with Crippen molar-refractivity contribution in [3.8, 4) is 16.9 Å². The van der Waals surface area contributed by atoms with Crippen LogP contribution in [-0.4, -0.2) is 43.3 Å². The summed E-state index contributed by atoms with van der Waals surface area (Å²) in [5.74, 6) is -0.825. The van der Waals surface area contributed by atoms with Crippen LogP contribution in [0.25, 0.3) is 11.1 Å². The van der Waals surface area contributed by atoms with Gasteiger partial charge in [-0.1, -0.05) is 12.1 Å². The molecule has 7 heteroatoms. The molecular weight excluding hydrogens is 366 g/mol. The molecule has 1 amide bonds. The Kier molecular flexibility index (Phi) is 6.13. The third kappa shape index (κ3) is 4.48. The summed E-state index contributed by atoms with van der Waals surface area (Å²) in [5.41, 5.74) is 1.94. The van der Waals surface area contributed by atoms with Gasteiger partial charge in [0.2, 0.25) is 0 Å². The van der Waals surface area contributed by atoms with Crippen molar-refractivity contribution in [3.63, 3.8) is 0 Å². The summed E-state index contributed by atoms with van der Waals surface area (Å²) in [6, 6.07) is 8.49. The molecule has 1 aliphatic rings. The summed E-state index contributed by atoms with van der Waals surface area (Å²) in [6.45, 7) is 2.95. The number of carboxylic acids is 1. The fraction of sp³-hybridized carbons (Fsp3) is 0.400. The highest BCUT2D eigenvalue weighted by Gasteiger charge is 2.32. The number of aryl methyl sites for hydroxylation is 1. The number of hydrogen-bond acceptors (Lipinski definition) is 5. The molecule has 1 aliphatic heterocycles. The van der Waals surface area contributed by atoms with E-state index in [2.05, 4.69) is 5.32 Å². The van der Waals surface area contributed by atoms with Crippen molar-refractivity contribution >= 4 is 23.2 Å². The van der Waals surface area contributed by atoms with Crippen LogP contribution in [0.15, 0.2) is 30.3 Å². The van der Waals surface area contributed by atoms with Gasteiger partial charge in [-0.05, 0) is 49.1 Å². The normalized spacial score (nSPS) is 17.9. The highest BCUT2D eigenvalue weighted by molar-refractivity contribution is 7.14. The van der Waals surface area contributed by atoms with Crippen LogP contribution in [0.5, 0.6) is 5.75 Å². The lowest BCUT2D eigenvalue weighted by molar-refractivity contribution is -0.142. The summed E-state index contributed by atoms with van der Waals surface area (Å²) in [4.78, 5) is 25.8. The number of rotatable bonds is 6. The first kappa shape index (κ1) is 19.4. The molecule has 2 heterocycles. The van der Waals surface area contributed by atoms with E-state index in [-0.39, 0.29) is 11.8 Å². The van der Waals surface area contributed by atoms with Crippen LogP contribution in [-0.2, 0) is 9.53 Å². The molecule has 2 unspecified atom stereocenters. The fourth-order valence-electron chi connectivity index (χ4n) is 3.27. The lowest BCUT2D eigenvalue weighted by Gasteiger charge is -2.27. The second-order valence-electron chi connectivity index (χ2n) is 6.58. The Morgan fingerprint density at radius 2 is 2.07 bits per heavy atom. The Bertz CT molecular complexity index is 808. The SMILES string of the molecule is COc1ccc(-c2cc(C(=O)NC(C(=O)O)C3CCCOC3)sc2C)cc1. The zero-order chi connectivity index (χ0) is 19.4. The van der Waals surface area contributed by atoms with Gasteiger partial charge in [-0.25, -0.2) is 4.79 Å². The summed E-state index contributed by atoms with van der Waals surface area (Å²) in [6.07, 6.45) is 1.54. The number of carbonyl (C=O) groups is 2. The van der Waals surface area contributed by atoms with Crippen molar-refractivity contribution in [2.24, 2.45) is 5.92 Å².